The molecule has 6 nitrogen and oxygen atoms in total. The molecular formula is C23H24ClN3O3. The first-order chi connectivity index (χ1) is 14.6. The van der Waals surface area contributed by atoms with Gasteiger partial charge in [0, 0.05) is 10.6 Å². The minimum atomic E-state index is -0.382. The zero-order valence-electron chi connectivity index (χ0n) is 16.6. The standard InChI is InChI=1S/C23H24ClN3O3/c1-2-14-27-15-4-3-5-21(27)23(29)26-25-22(28)18-8-6-17(7-9-18)16-30-20-12-10-19(24)11-13-20/h1,6-13,21H,3-5,14-16H2,(H,25,28)(H,26,29)/t21-/m1/s1. The van der Waals surface area contributed by atoms with E-state index >= 15 is 0 Å². The highest BCUT2D eigenvalue weighted by molar-refractivity contribution is 6.30. The van der Waals surface area contributed by atoms with E-state index in [1.54, 1.807) is 36.4 Å². The van der Waals surface area contributed by atoms with E-state index in [9.17, 15) is 9.59 Å². The number of hydrazine groups is 1. The van der Waals surface area contributed by atoms with Crippen LogP contribution in [0.2, 0.25) is 5.02 Å². The topological polar surface area (TPSA) is 70.7 Å². The Hall–Kier alpha value is -3.01. The van der Waals surface area contributed by atoms with E-state index in [4.69, 9.17) is 22.8 Å². The highest BCUT2D eigenvalue weighted by Crippen LogP contribution is 2.18. The summed E-state index contributed by atoms with van der Waals surface area (Å²) < 4.78 is 5.69. The number of carbonyl (C=O) groups excluding carboxylic acids is 2. The molecule has 2 aromatic rings. The first-order valence-electron chi connectivity index (χ1n) is 9.82. The highest BCUT2D eigenvalue weighted by atomic mass is 35.5. The predicted molar refractivity (Wildman–Crippen MR) is 116 cm³/mol. The lowest BCUT2D eigenvalue weighted by Gasteiger charge is -2.33. The molecule has 1 aliphatic rings. The number of carbonyl (C=O) groups is 2. The van der Waals surface area contributed by atoms with Crippen LogP contribution in [0, 0.1) is 12.3 Å². The van der Waals surface area contributed by atoms with E-state index in [-0.39, 0.29) is 17.9 Å². The van der Waals surface area contributed by atoms with Gasteiger partial charge >= 0.3 is 0 Å². The molecule has 30 heavy (non-hydrogen) atoms. The molecule has 0 spiro atoms. The van der Waals surface area contributed by atoms with Crippen molar-refractivity contribution in [1.82, 2.24) is 15.8 Å². The monoisotopic (exact) mass is 425 g/mol. The quantitative estimate of drug-likeness (QED) is 0.551. The summed E-state index contributed by atoms with van der Waals surface area (Å²) in [5.41, 5.74) is 6.36. The van der Waals surface area contributed by atoms with Crippen molar-refractivity contribution in [2.45, 2.75) is 31.9 Å². The molecule has 0 unspecified atom stereocenters. The van der Waals surface area contributed by atoms with Gasteiger partial charge in [0.05, 0.1) is 12.6 Å². The molecule has 156 valence electrons. The van der Waals surface area contributed by atoms with Crippen LogP contribution >= 0.6 is 11.6 Å². The number of likely N-dealkylation sites (tertiary alicyclic amines) is 1. The van der Waals surface area contributed by atoms with Gasteiger partial charge in [-0.15, -0.1) is 6.42 Å². The van der Waals surface area contributed by atoms with Crippen molar-refractivity contribution in [1.29, 1.82) is 0 Å². The number of benzene rings is 2. The number of amides is 2. The molecule has 1 atom stereocenters. The Morgan fingerprint density at radius 3 is 2.53 bits per heavy atom. The van der Waals surface area contributed by atoms with E-state index in [0.29, 0.717) is 29.5 Å². The zero-order valence-corrected chi connectivity index (χ0v) is 17.3. The van der Waals surface area contributed by atoms with Crippen LogP contribution in [0.15, 0.2) is 48.5 Å². The Labute approximate surface area is 181 Å². The fraction of sp³-hybridized carbons (Fsp3) is 0.304. The van der Waals surface area contributed by atoms with Crippen molar-refractivity contribution in [2.24, 2.45) is 0 Å². The van der Waals surface area contributed by atoms with Crippen molar-refractivity contribution >= 4 is 23.4 Å². The summed E-state index contributed by atoms with van der Waals surface area (Å²) in [7, 11) is 0. The van der Waals surface area contributed by atoms with E-state index in [2.05, 4.69) is 16.8 Å². The molecule has 0 saturated carbocycles. The number of nitrogens with zero attached hydrogens (tertiary/aromatic N) is 1. The van der Waals surface area contributed by atoms with Gasteiger partial charge in [0.1, 0.15) is 12.4 Å². The lowest BCUT2D eigenvalue weighted by molar-refractivity contribution is -0.128. The van der Waals surface area contributed by atoms with Crippen LogP contribution in [0.1, 0.15) is 35.2 Å². The molecule has 1 saturated heterocycles. The molecule has 1 fully saturated rings. The number of terminal acetylenes is 1. The molecule has 2 N–H and O–H groups in total. The van der Waals surface area contributed by atoms with Crippen LogP contribution in [0.3, 0.4) is 0 Å². The summed E-state index contributed by atoms with van der Waals surface area (Å²) in [5, 5.41) is 0.650. The zero-order chi connectivity index (χ0) is 21.3. The predicted octanol–water partition coefficient (Wildman–Crippen LogP) is 3.17. The minimum Gasteiger partial charge on any atom is -0.489 e. The van der Waals surface area contributed by atoms with E-state index in [1.165, 1.54) is 0 Å². The Kier molecular flexibility index (Phi) is 7.72. The summed E-state index contributed by atoms with van der Waals surface area (Å²) >= 11 is 5.86. The Morgan fingerprint density at radius 1 is 1.10 bits per heavy atom. The summed E-state index contributed by atoms with van der Waals surface area (Å²) in [6.45, 7) is 1.58. The maximum absolute atomic E-state index is 12.5. The third-order valence-electron chi connectivity index (χ3n) is 4.95. The smallest absolute Gasteiger partial charge is 0.269 e. The number of nitrogens with one attached hydrogen (secondary N) is 2. The third-order valence-corrected chi connectivity index (χ3v) is 5.20. The van der Waals surface area contributed by atoms with Crippen molar-refractivity contribution in [3.8, 4) is 18.1 Å². The lowest BCUT2D eigenvalue weighted by atomic mass is 10.0. The number of piperidine rings is 1. The first-order valence-corrected chi connectivity index (χ1v) is 10.2. The molecule has 7 heteroatoms. The van der Waals surface area contributed by atoms with Crippen molar-refractivity contribution in [3.63, 3.8) is 0 Å². The molecule has 0 radical (unpaired) electrons. The SMILES string of the molecule is C#CCN1CCCC[C@@H]1C(=O)NNC(=O)c1ccc(COc2ccc(Cl)cc2)cc1. The number of ether oxygens (including phenoxy) is 1. The van der Waals surface area contributed by atoms with Gasteiger partial charge < -0.3 is 4.74 Å². The average molecular weight is 426 g/mol. The van der Waals surface area contributed by atoms with E-state index < -0.39 is 0 Å². The molecule has 2 amide bonds. The summed E-state index contributed by atoms with van der Waals surface area (Å²) in [6, 6.07) is 13.8. The van der Waals surface area contributed by atoms with Crippen LogP contribution in [-0.2, 0) is 11.4 Å². The molecule has 3 rings (SSSR count). The lowest BCUT2D eigenvalue weighted by Crippen LogP contribution is -2.54. The van der Waals surface area contributed by atoms with Crippen LogP contribution in [0.5, 0.6) is 5.75 Å². The van der Waals surface area contributed by atoms with Gasteiger partial charge in [-0.05, 0) is 61.3 Å². The van der Waals surface area contributed by atoms with E-state index in [1.807, 2.05) is 17.0 Å². The molecular weight excluding hydrogens is 402 g/mol. The second-order valence-corrected chi connectivity index (χ2v) is 7.51. The molecule has 2 aromatic carbocycles. The van der Waals surface area contributed by atoms with Crippen LogP contribution in [0.4, 0.5) is 0 Å². The molecule has 0 bridgehead atoms. The maximum atomic E-state index is 12.5. The van der Waals surface area contributed by atoms with Crippen LogP contribution in [-0.4, -0.2) is 35.8 Å². The maximum Gasteiger partial charge on any atom is 0.269 e. The third kappa shape index (κ3) is 5.99. The van der Waals surface area contributed by atoms with Gasteiger partial charge in [-0.3, -0.25) is 25.3 Å². The molecule has 0 aromatic heterocycles. The normalized spacial score (nSPS) is 16.3. The van der Waals surface area contributed by atoms with Gasteiger partial charge in [0.2, 0.25) is 0 Å². The fourth-order valence-electron chi connectivity index (χ4n) is 3.32. The average Bonchev–Trinajstić information content (AvgIpc) is 2.78. The molecule has 0 aliphatic carbocycles. The van der Waals surface area contributed by atoms with Gasteiger partial charge in [0.15, 0.2) is 0 Å². The van der Waals surface area contributed by atoms with Gasteiger partial charge in [-0.25, -0.2) is 0 Å². The number of hydrogen-bond acceptors (Lipinski definition) is 4. The molecule has 1 heterocycles. The largest absolute Gasteiger partial charge is 0.489 e. The van der Waals surface area contributed by atoms with Gasteiger partial charge in [-0.1, -0.05) is 36.1 Å². The first kappa shape index (κ1) is 21.7. The van der Waals surface area contributed by atoms with E-state index in [0.717, 1.165) is 31.4 Å². The second-order valence-electron chi connectivity index (χ2n) is 7.07. The fourth-order valence-corrected chi connectivity index (χ4v) is 3.44. The highest BCUT2D eigenvalue weighted by Gasteiger charge is 2.28. The number of rotatable bonds is 6. The van der Waals surface area contributed by atoms with Gasteiger partial charge in [0.25, 0.3) is 11.8 Å². The second kappa shape index (κ2) is 10.7. The Bertz CT molecular complexity index is 907. The summed E-state index contributed by atoms with van der Waals surface area (Å²) in [4.78, 5) is 26.8. The Balaban J connectivity index is 1.48. The summed E-state index contributed by atoms with van der Waals surface area (Å²) in [6.07, 6.45) is 8.10. The Morgan fingerprint density at radius 2 is 1.83 bits per heavy atom. The summed E-state index contributed by atoms with van der Waals surface area (Å²) in [5.74, 6) is 2.67. The van der Waals surface area contributed by atoms with Gasteiger partial charge in [-0.2, -0.15) is 0 Å². The van der Waals surface area contributed by atoms with Crippen LogP contribution in [0.25, 0.3) is 0 Å². The number of halogens is 1. The molecule has 1 aliphatic heterocycles. The van der Waals surface area contributed by atoms with Crippen molar-refractivity contribution < 1.29 is 14.3 Å². The van der Waals surface area contributed by atoms with Crippen LogP contribution < -0.4 is 15.6 Å². The minimum absolute atomic E-state index is 0.244. The van der Waals surface area contributed by atoms with Crippen molar-refractivity contribution in [3.05, 3.63) is 64.7 Å². The van der Waals surface area contributed by atoms with Crippen molar-refractivity contribution in [2.75, 3.05) is 13.1 Å². The number of hydrogen-bond donors (Lipinski definition) is 2.